The summed E-state index contributed by atoms with van der Waals surface area (Å²) in [5.74, 6) is 1.73. The quantitative estimate of drug-likeness (QED) is 0.909. The van der Waals surface area contributed by atoms with Crippen molar-refractivity contribution < 1.29 is 4.74 Å². The Kier molecular flexibility index (Phi) is 3.93. The number of nitrogens with two attached hydrogens (primary N) is 1. The Morgan fingerprint density at radius 1 is 1.10 bits per heavy atom. The summed E-state index contributed by atoms with van der Waals surface area (Å²) in [6, 6.07) is 14.8. The summed E-state index contributed by atoms with van der Waals surface area (Å²) in [7, 11) is 0. The summed E-state index contributed by atoms with van der Waals surface area (Å²) < 4.78 is 6.29. The minimum absolute atomic E-state index is 0.152. The molecule has 106 valence electrons. The third kappa shape index (κ3) is 2.66. The summed E-state index contributed by atoms with van der Waals surface area (Å²) in [6.07, 6.45) is 4.78. The van der Waals surface area contributed by atoms with Crippen LogP contribution in [-0.4, -0.2) is 12.1 Å². The molecule has 2 aromatic carbocycles. The van der Waals surface area contributed by atoms with Crippen molar-refractivity contribution in [1.29, 1.82) is 0 Å². The van der Waals surface area contributed by atoms with Crippen molar-refractivity contribution in [2.45, 2.75) is 44.8 Å². The van der Waals surface area contributed by atoms with Gasteiger partial charge in [-0.1, -0.05) is 49.7 Å². The van der Waals surface area contributed by atoms with Crippen molar-refractivity contribution in [2.24, 2.45) is 11.7 Å². The van der Waals surface area contributed by atoms with Crippen molar-refractivity contribution in [3.05, 3.63) is 42.5 Å². The Labute approximate surface area is 120 Å². The van der Waals surface area contributed by atoms with Crippen LogP contribution in [-0.2, 0) is 0 Å². The summed E-state index contributed by atoms with van der Waals surface area (Å²) in [6.45, 7) is 2.26. The fourth-order valence-corrected chi connectivity index (χ4v) is 3.20. The van der Waals surface area contributed by atoms with Gasteiger partial charge in [-0.25, -0.2) is 0 Å². The Hall–Kier alpha value is -1.54. The maximum atomic E-state index is 6.29. The van der Waals surface area contributed by atoms with E-state index in [9.17, 15) is 0 Å². The molecule has 1 fully saturated rings. The van der Waals surface area contributed by atoms with Crippen molar-refractivity contribution in [1.82, 2.24) is 0 Å². The van der Waals surface area contributed by atoms with Crippen LogP contribution in [0.4, 0.5) is 0 Å². The number of ether oxygens (including phenoxy) is 1. The van der Waals surface area contributed by atoms with E-state index in [-0.39, 0.29) is 12.1 Å². The van der Waals surface area contributed by atoms with E-state index >= 15 is 0 Å². The van der Waals surface area contributed by atoms with Gasteiger partial charge in [-0.15, -0.1) is 0 Å². The summed E-state index contributed by atoms with van der Waals surface area (Å²) in [5, 5.41) is 2.40. The van der Waals surface area contributed by atoms with E-state index in [4.69, 9.17) is 10.5 Å². The Morgan fingerprint density at radius 3 is 2.75 bits per heavy atom. The number of rotatable bonds is 3. The first-order valence-corrected chi connectivity index (χ1v) is 7.68. The molecule has 20 heavy (non-hydrogen) atoms. The molecular formula is C18H23NO. The lowest BCUT2D eigenvalue weighted by Crippen LogP contribution is -2.43. The third-order valence-corrected chi connectivity index (χ3v) is 4.56. The molecule has 2 N–H and O–H groups in total. The third-order valence-electron chi connectivity index (χ3n) is 4.56. The second kappa shape index (κ2) is 5.84. The minimum atomic E-state index is 0.152. The van der Waals surface area contributed by atoms with Crippen molar-refractivity contribution in [3.8, 4) is 5.75 Å². The van der Waals surface area contributed by atoms with E-state index in [1.807, 2.05) is 0 Å². The fraction of sp³-hybridized carbons (Fsp3) is 0.444. The molecule has 0 saturated heterocycles. The van der Waals surface area contributed by atoms with Gasteiger partial charge in [-0.3, -0.25) is 0 Å². The lowest BCUT2D eigenvalue weighted by molar-refractivity contribution is 0.103. The number of hydrogen-bond acceptors (Lipinski definition) is 2. The first-order chi connectivity index (χ1) is 9.78. The maximum Gasteiger partial charge on any atom is 0.127 e. The van der Waals surface area contributed by atoms with E-state index < -0.39 is 0 Å². The molecule has 0 spiro atoms. The summed E-state index contributed by atoms with van der Waals surface area (Å²) in [4.78, 5) is 0. The predicted octanol–water partition coefficient (Wildman–Crippen LogP) is 4.12. The highest BCUT2D eigenvalue weighted by Gasteiger charge is 2.29. The minimum Gasteiger partial charge on any atom is -0.488 e. The smallest absolute Gasteiger partial charge is 0.127 e. The SMILES string of the molecule is CCC1CCC(N)C(Oc2cccc3ccccc23)C1. The maximum absolute atomic E-state index is 6.29. The van der Waals surface area contributed by atoms with Gasteiger partial charge in [0.1, 0.15) is 11.9 Å². The molecule has 0 aliphatic heterocycles. The topological polar surface area (TPSA) is 35.2 Å². The molecule has 0 heterocycles. The van der Waals surface area contributed by atoms with Gasteiger partial charge in [0.25, 0.3) is 0 Å². The highest BCUT2D eigenvalue weighted by Crippen LogP contribution is 2.32. The molecular weight excluding hydrogens is 246 g/mol. The summed E-state index contributed by atoms with van der Waals surface area (Å²) in [5.41, 5.74) is 6.26. The van der Waals surface area contributed by atoms with Crippen molar-refractivity contribution in [2.75, 3.05) is 0 Å². The molecule has 2 heteroatoms. The van der Waals surface area contributed by atoms with Gasteiger partial charge in [0.15, 0.2) is 0 Å². The molecule has 3 unspecified atom stereocenters. The molecule has 1 aliphatic carbocycles. The Bertz CT molecular complexity index is 575. The molecule has 1 aliphatic rings. The Morgan fingerprint density at radius 2 is 1.90 bits per heavy atom. The molecule has 0 radical (unpaired) electrons. The zero-order chi connectivity index (χ0) is 13.9. The van der Waals surface area contributed by atoms with Crippen LogP contribution in [0.2, 0.25) is 0 Å². The molecule has 2 nitrogen and oxygen atoms in total. The highest BCUT2D eigenvalue weighted by atomic mass is 16.5. The second-order valence-electron chi connectivity index (χ2n) is 5.88. The van der Waals surface area contributed by atoms with Crippen LogP contribution in [0.5, 0.6) is 5.75 Å². The second-order valence-corrected chi connectivity index (χ2v) is 5.88. The average Bonchev–Trinajstić information content (AvgIpc) is 2.50. The molecule has 1 saturated carbocycles. The predicted molar refractivity (Wildman–Crippen MR) is 84.0 cm³/mol. The fourth-order valence-electron chi connectivity index (χ4n) is 3.20. The lowest BCUT2D eigenvalue weighted by Gasteiger charge is -2.34. The standard InChI is InChI=1S/C18H23NO/c1-2-13-10-11-16(19)18(12-13)20-17-9-5-7-14-6-3-4-8-15(14)17/h3-9,13,16,18H,2,10-12,19H2,1H3. The molecule has 3 atom stereocenters. The van der Waals surface area contributed by atoms with Crippen molar-refractivity contribution >= 4 is 10.8 Å². The van der Waals surface area contributed by atoms with Crippen LogP contribution in [0.15, 0.2) is 42.5 Å². The number of fused-ring (bicyclic) bond motifs is 1. The van der Waals surface area contributed by atoms with Gasteiger partial charge in [-0.05, 0) is 36.6 Å². The normalized spacial score (nSPS) is 26.6. The van der Waals surface area contributed by atoms with Gasteiger partial charge in [-0.2, -0.15) is 0 Å². The van der Waals surface area contributed by atoms with E-state index in [2.05, 4.69) is 49.4 Å². The van der Waals surface area contributed by atoms with E-state index in [1.54, 1.807) is 0 Å². The van der Waals surface area contributed by atoms with Crippen LogP contribution in [0.25, 0.3) is 10.8 Å². The monoisotopic (exact) mass is 269 g/mol. The van der Waals surface area contributed by atoms with Gasteiger partial charge in [0, 0.05) is 11.4 Å². The molecule has 0 amide bonds. The van der Waals surface area contributed by atoms with Crippen LogP contribution < -0.4 is 10.5 Å². The van der Waals surface area contributed by atoms with Gasteiger partial charge in [0.05, 0.1) is 0 Å². The first-order valence-electron chi connectivity index (χ1n) is 7.68. The lowest BCUT2D eigenvalue weighted by atomic mass is 9.83. The molecule has 3 rings (SSSR count). The van der Waals surface area contributed by atoms with E-state index in [0.717, 1.165) is 24.5 Å². The zero-order valence-electron chi connectivity index (χ0n) is 12.1. The molecule has 2 aromatic rings. The van der Waals surface area contributed by atoms with E-state index in [0.29, 0.717) is 0 Å². The van der Waals surface area contributed by atoms with Crippen LogP contribution in [0.1, 0.15) is 32.6 Å². The van der Waals surface area contributed by atoms with Gasteiger partial charge < -0.3 is 10.5 Å². The van der Waals surface area contributed by atoms with Crippen molar-refractivity contribution in [3.63, 3.8) is 0 Å². The van der Waals surface area contributed by atoms with Crippen LogP contribution in [0, 0.1) is 5.92 Å². The summed E-state index contributed by atoms with van der Waals surface area (Å²) >= 11 is 0. The Balaban J connectivity index is 1.85. The average molecular weight is 269 g/mol. The molecule has 0 bridgehead atoms. The first kappa shape index (κ1) is 13.4. The zero-order valence-corrected chi connectivity index (χ0v) is 12.1. The van der Waals surface area contributed by atoms with Gasteiger partial charge in [0.2, 0.25) is 0 Å². The van der Waals surface area contributed by atoms with Gasteiger partial charge >= 0.3 is 0 Å². The largest absolute Gasteiger partial charge is 0.488 e. The number of benzene rings is 2. The molecule has 0 aromatic heterocycles. The highest BCUT2D eigenvalue weighted by molar-refractivity contribution is 5.88. The van der Waals surface area contributed by atoms with Crippen LogP contribution >= 0.6 is 0 Å². The van der Waals surface area contributed by atoms with Crippen LogP contribution in [0.3, 0.4) is 0 Å². The number of hydrogen-bond donors (Lipinski definition) is 1. The van der Waals surface area contributed by atoms with E-state index in [1.165, 1.54) is 23.6 Å².